The number of nitrogens with zero attached hydrogens (tertiary/aromatic N) is 3. The summed E-state index contributed by atoms with van der Waals surface area (Å²) in [7, 11) is 0. The van der Waals surface area contributed by atoms with Gasteiger partial charge in [0.15, 0.2) is 0 Å². The van der Waals surface area contributed by atoms with Crippen LogP contribution in [0.4, 0.5) is 0 Å². The van der Waals surface area contributed by atoms with Gasteiger partial charge in [-0.25, -0.2) is 0 Å². The average molecular weight is 345 g/mol. The predicted molar refractivity (Wildman–Crippen MR) is 97.7 cm³/mol. The van der Waals surface area contributed by atoms with Gasteiger partial charge in [0.25, 0.3) is 11.8 Å². The van der Waals surface area contributed by atoms with Gasteiger partial charge >= 0.3 is 0 Å². The molecule has 1 saturated carbocycles. The Kier molecular flexibility index (Phi) is 3.26. The topological polar surface area (TPSA) is 54.7 Å². The van der Waals surface area contributed by atoms with Crippen LogP contribution >= 0.6 is 0 Å². The molecule has 2 heterocycles. The second-order valence-corrected chi connectivity index (χ2v) is 7.37. The van der Waals surface area contributed by atoms with E-state index in [-0.39, 0.29) is 35.5 Å². The van der Waals surface area contributed by atoms with Crippen molar-refractivity contribution in [3.05, 3.63) is 66.0 Å². The van der Waals surface area contributed by atoms with E-state index in [1.807, 2.05) is 48.0 Å². The molecule has 2 amide bonds. The first kappa shape index (κ1) is 15.3. The third-order valence-corrected chi connectivity index (χ3v) is 5.81. The molecule has 2 aromatic rings. The van der Waals surface area contributed by atoms with Gasteiger partial charge in [-0.2, -0.15) is 10.1 Å². The molecule has 5 rings (SSSR count). The maximum atomic E-state index is 12.7. The molecule has 1 aliphatic heterocycles. The summed E-state index contributed by atoms with van der Waals surface area (Å²) in [5.41, 5.74) is 3.02. The summed E-state index contributed by atoms with van der Waals surface area (Å²) in [4.78, 5) is 25.4. The van der Waals surface area contributed by atoms with Crippen molar-refractivity contribution in [2.24, 2.45) is 28.8 Å². The number of hydrogen-bond donors (Lipinski definition) is 0. The Labute approximate surface area is 151 Å². The van der Waals surface area contributed by atoms with Crippen LogP contribution in [0.1, 0.15) is 17.7 Å². The standard InChI is InChI=1S/C21H19N3O2/c1-13-4-2-5-16(10-13)23-9-3-6-17(23)12-22-24-20(25)18-14-7-8-15(11-14)19(18)21(24)26/h2-10,12,14-15,18-19H,11H2,1H3. The lowest BCUT2D eigenvalue weighted by Gasteiger charge is -2.13. The smallest absolute Gasteiger partial charge is 0.254 e. The average Bonchev–Trinajstić information content (AvgIpc) is 3.39. The van der Waals surface area contributed by atoms with Crippen molar-refractivity contribution in [3.63, 3.8) is 0 Å². The minimum absolute atomic E-state index is 0.151. The van der Waals surface area contributed by atoms with E-state index in [0.717, 1.165) is 22.8 Å². The molecule has 1 saturated heterocycles. The summed E-state index contributed by atoms with van der Waals surface area (Å²) < 4.78 is 1.99. The first-order chi connectivity index (χ1) is 12.6. The number of carbonyl (C=O) groups excluding carboxylic acids is 2. The molecule has 1 aromatic carbocycles. The number of imide groups is 1. The van der Waals surface area contributed by atoms with Crippen LogP contribution in [-0.2, 0) is 9.59 Å². The molecule has 0 spiro atoms. The second-order valence-electron chi connectivity index (χ2n) is 7.37. The van der Waals surface area contributed by atoms with Gasteiger partial charge < -0.3 is 4.57 Å². The first-order valence-corrected chi connectivity index (χ1v) is 8.98. The normalized spacial score (nSPS) is 29.3. The van der Waals surface area contributed by atoms with Crippen LogP contribution in [0.3, 0.4) is 0 Å². The summed E-state index contributed by atoms with van der Waals surface area (Å²) in [5.74, 6) is -0.310. The van der Waals surface area contributed by atoms with E-state index in [4.69, 9.17) is 0 Å². The van der Waals surface area contributed by atoms with Gasteiger partial charge in [-0.3, -0.25) is 9.59 Å². The molecule has 3 aliphatic rings. The van der Waals surface area contributed by atoms with Gasteiger partial charge in [-0.1, -0.05) is 24.3 Å². The Morgan fingerprint density at radius 3 is 2.46 bits per heavy atom. The zero-order valence-corrected chi connectivity index (χ0v) is 14.4. The van der Waals surface area contributed by atoms with Crippen molar-refractivity contribution >= 4 is 18.0 Å². The maximum absolute atomic E-state index is 12.7. The number of hydrazone groups is 1. The van der Waals surface area contributed by atoms with E-state index in [1.54, 1.807) is 6.21 Å². The van der Waals surface area contributed by atoms with Gasteiger partial charge in [-0.15, -0.1) is 0 Å². The summed E-state index contributed by atoms with van der Waals surface area (Å²) in [5, 5.41) is 5.37. The Bertz CT molecular complexity index is 941. The quantitative estimate of drug-likeness (QED) is 0.488. The monoisotopic (exact) mass is 345 g/mol. The van der Waals surface area contributed by atoms with Gasteiger partial charge in [0.05, 0.1) is 23.7 Å². The van der Waals surface area contributed by atoms with E-state index in [1.165, 1.54) is 5.56 Å². The largest absolute Gasteiger partial charge is 0.316 e. The Morgan fingerprint density at radius 1 is 1.04 bits per heavy atom. The number of hydrogen-bond acceptors (Lipinski definition) is 3. The van der Waals surface area contributed by atoms with Gasteiger partial charge in [-0.05, 0) is 55.0 Å². The number of benzene rings is 1. The number of allylic oxidation sites excluding steroid dienone is 2. The second kappa shape index (κ2) is 5.53. The van der Waals surface area contributed by atoms with Crippen molar-refractivity contribution in [1.82, 2.24) is 9.58 Å². The van der Waals surface area contributed by atoms with Crippen LogP contribution in [0, 0.1) is 30.6 Å². The molecule has 26 heavy (non-hydrogen) atoms. The molecule has 130 valence electrons. The molecular weight excluding hydrogens is 326 g/mol. The summed E-state index contributed by atoms with van der Waals surface area (Å²) in [6.07, 6.45) is 8.66. The summed E-state index contributed by atoms with van der Waals surface area (Å²) in [6, 6.07) is 12.0. The van der Waals surface area contributed by atoms with Gasteiger partial charge in [0.2, 0.25) is 0 Å². The molecule has 2 bridgehead atoms. The highest BCUT2D eigenvalue weighted by Crippen LogP contribution is 2.52. The molecular formula is C21H19N3O2. The fourth-order valence-corrected chi connectivity index (χ4v) is 4.63. The highest BCUT2D eigenvalue weighted by molar-refractivity contribution is 6.06. The minimum atomic E-state index is -0.210. The zero-order valence-electron chi connectivity index (χ0n) is 14.4. The van der Waals surface area contributed by atoms with E-state index < -0.39 is 0 Å². The molecule has 4 atom stereocenters. The Balaban J connectivity index is 1.43. The molecule has 0 N–H and O–H groups in total. The fraction of sp³-hybridized carbons (Fsp3) is 0.286. The van der Waals surface area contributed by atoms with Crippen molar-refractivity contribution in [3.8, 4) is 5.69 Å². The van der Waals surface area contributed by atoms with Gasteiger partial charge in [0, 0.05) is 11.9 Å². The van der Waals surface area contributed by atoms with Crippen LogP contribution in [0.25, 0.3) is 5.69 Å². The number of aromatic nitrogens is 1. The highest BCUT2D eigenvalue weighted by atomic mass is 16.2. The minimum Gasteiger partial charge on any atom is -0.316 e. The SMILES string of the molecule is Cc1cccc(-n2cccc2C=NN2C(=O)C3C4C=CC(C4)C3C2=O)c1. The molecule has 1 aromatic heterocycles. The number of aryl methyl sites for hydroxylation is 1. The van der Waals surface area contributed by atoms with Crippen molar-refractivity contribution in [2.75, 3.05) is 0 Å². The third-order valence-electron chi connectivity index (χ3n) is 5.81. The molecule has 4 unspecified atom stereocenters. The lowest BCUT2D eigenvalue weighted by Crippen LogP contribution is -2.28. The molecule has 2 aliphatic carbocycles. The van der Waals surface area contributed by atoms with Crippen molar-refractivity contribution in [2.45, 2.75) is 13.3 Å². The van der Waals surface area contributed by atoms with E-state index >= 15 is 0 Å². The number of carbonyl (C=O) groups is 2. The van der Waals surface area contributed by atoms with Crippen LogP contribution in [0.15, 0.2) is 59.8 Å². The lowest BCUT2D eigenvalue weighted by atomic mass is 9.85. The molecule has 2 fully saturated rings. The van der Waals surface area contributed by atoms with Gasteiger partial charge in [0.1, 0.15) is 0 Å². The zero-order chi connectivity index (χ0) is 17.8. The fourth-order valence-electron chi connectivity index (χ4n) is 4.63. The molecule has 5 nitrogen and oxygen atoms in total. The maximum Gasteiger partial charge on any atom is 0.254 e. The third kappa shape index (κ3) is 2.13. The van der Waals surface area contributed by atoms with Crippen LogP contribution in [0.2, 0.25) is 0 Å². The van der Waals surface area contributed by atoms with E-state index in [0.29, 0.717) is 0 Å². The summed E-state index contributed by atoms with van der Waals surface area (Å²) >= 11 is 0. The Hall–Kier alpha value is -2.95. The summed E-state index contributed by atoms with van der Waals surface area (Å²) in [6.45, 7) is 2.05. The molecule has 5 heteroatoms. The Morgan fingerprint density at radius 2 is 1.77 bits per heavy atom. The lowest BCUT2D eigenvalue weighted by molar-refractivity contribution is -0.140. The first-order valence-electron chi connectivity index (χ1n) is 8.98. The highest BCUT2D eigenvalue weighted by Gasteiger charge is 2.59. The van der Waals surface area contributed by atoms with Crippen LogP contribution in [0.5, 0.6) is 0 Å². The van der Waals surface area contributed by atoms with E-state index in [2.05, 4.69) is 23.3 Å². The number of amides is 2. The molecule has 0 radical (unpaired) electrons. The number of rotatable bonds is 3. The van der Waals surface area contributed by atoms with E-state index in [9.17, 15) is 9.59 Å². The van der Waals surface area contributed by atoms with Crippen LogP contribution in [-0.4, -0.2) is 27.6 Å². The number of fused-ring (bicyclic) bond motifs is 5. The predicted octanol–water partition coefficient (Wildman–Crippen LogP) is 2.93. The van der Waals surface area contributed by atoms with Crippen molar-refractivity contribution < 1.29 is 9.59 Å². The van der Waals surface area contributed by atoms with Crippen molar-refractivity contribution in [1.29, 1.82) is 0 Å². The van der Waals surface area contributed by atoms with Crippen LogP contribution < -0.4 is 0 Å².